The molecule has 0 spiro atoms. The predicted octanol–water partition coefficient (Wildman–Crippen LogP) is 2.76. The number of hydrogen-bond donors (Lipinski definition) is 0. The minimum Gasteiger partial charge on any atom is -0.355 e. The highest BCUT2D eigenvalue weighted by atomic mass is 19.2. The molecule has 5 nitrogen and oxygen atoms in total. The lowest BCUT2D eigenvalue weighted by atomic mass is 10.1. The quantitative estimate of drug-likeness (QED) is 0.154. The van der Waals surface area contributed by atoms with Crippen LogP contribution in [0.1, 0.15) is 10.4 Å². The smallest absolute Gasteiger partial charge is 0.355 e. The molecular weight excluding hydrogens is 253 g/mol. The van der Waals surface area contributed by atoms with Gasteiger partial charge in [0, 0.05) is 4.91 Å². The monoisotopic (exact) mass is 253 g/mol. The molecule has 0 aromatic heterocycles. The Balaban J connectivity index is 3.43. The Labute approximate surface area is 89.0 Å². The Morgan fingerprint density at radius 1 is 1.00 bits per heavy atom. The molecule has 0 unspecified atom stereocenters. The van der Waals surface area contributed by atoms with Crippen LogP contribution >= 0.6 is 0 Å². The minimum atomic E-state index is -2.42. The first-order valence-electron chi connectivity index (χ1n) is 3.69. The number of halogens is 5. The van der Waals surface area contributed by atoms with E-state index in [0.29, 0.717) is 0 Å². The van der Waals surface area contributed by atoms with Crippen LogP contribution in [0.25, 0.3) is 10.4 Å². The highest BCUT2D eigenvalue weighted by Crippen LogP contribution is 2.23. The van der Waals surface area contributed by atoms with Gasteiger partial charge in [-0.05, 0) is 5.53 Å². The van der Waals surface area contributed by atoms with E-state index in [1.807, 2.05) is 4.91 Å². The molecule has 90 valence electrons. The summed E-state index contributed by atoms with van der Waals surface area (Å²) in [5, 5.41) is 2.17. The van der Waals surface area contributed by atoms with Crippen molar-refractivity contribution in [3.63, 3.8) is 0 Å². The van der Waals surface area contributed by atoms with Crippen LogP contribution < -0.4 is 0 Å². The zero-order chi connectivity index (χ0) is 13.2. The maximum Gasteiger partial charge on any atom is 0.356 e. The lowest BCUT2D eigenvalue weighted by Gasteiger charge is -2.04. The van der Waals surface area contributed by atoms with Crippen LogP contribution in [0, 0.1) is 29.1 Å². The average Bonchev–Trinajstić information content (AvgIpc) is 2.31. The fraction of sp³-hybridized carbons (Fsp3) is 0. The van der Waals surface area contributed by atoms with Crippen LogP contribution in [0.4, 0.5) is 22.0 Å². The SMILES string of the molecule is [N-]=[N+]=NOC(=O)c1c(F)c(F)c(F)c(F)c1F. The van der Waals surface area contributed by atoms with Crippen molar-refractivity contribution >= 4 is 5.97 Å². The molecule has 0 heterocycles. The molecule has 0 amide bonds. The third kappa shape index (κ3) is 2.11. The van der Waals surface area contributed by atoms with Gasteiger partial charge < -0.3 is 4.84 Å². The molecule has 0 bridgehead atoms. The summed E-state index contributed by atoms with van der Waals surface area (Å²) in [7, 11) is 0. The van der Waals surface area contributed by atoms with Gasteiger partial charge in [-0.25, -0.2) is 26.7 Å². The number of rotatable bonds is 2. The Bertz CT molecular complexity index is 512. The van der Waals surface area contributed by atoms with Gasteiger partial charge in [0.1, 0.15) is 10.8 Å². The van der Waals surface area contributed by atoms with Gasteiger partial charge >= 0.3 is 5.97 Å². The van der Waals surface area contributed by atoms with Crippen LogP contribution in [0.3, 0.4) is 0 Å². The van der Waals surface area contributed by atoms with Crippen molar-refractivity contribution in [2.45, 2.75) is 0 Å². The lowest BCUT2D eigenvalue weighted by Crippen LogP contribution is -2.13. The van der Waals surface area contributed by atoms with Crippen molar-refractivity contribution in [2.24, 2.45) is 5.28 Å². The number of nitrogens with zero attached hydrogens (tertiary/aromatic N) is 3. The van der Waals surface area contributed by atoms with Crippen molar-refractivity contribution in [1.82, 2.24) is 0 Å². The highest BCUT2D eigenvalue weighted by molar-refractivity contribution is 5.90. The molecule has 1 aromatic carbocycles. The summed E-state index contributed by atoms with van der Waals surface area (Å²) in [6.07, 6.45) is 0. The molecule has 0 radical (unpaired) electrons. The van der Waals surface area contributed by atoms with Crippen LogP contribution in [0.2, 0.25) is 0 Å². The summed E-state index contributed by atoms with van der Waals surface area (Å²) in [6.45, 7) is 0. The predicted molar refractivity (Wildman–Crippen MR) is 40.8 cm³/mol. The maximum absolute atomic E-state index is 12.9. The second-order valence-electron chi connectivity index (χ2n) is 2.49. The summed E-state index contributed by atoms with van der Waals surface area (Å²) in [4.78, 5) is 16.3. The molecule has 0 aliphatic carbocycles. The summed E-state index contributed by atoms with van der Waals surface area (Å²) in [5.41, 5.74) is 5.90. The van der Waals surface area contributed by atoms with Gasteiger partial charge in [-0.15, -0.1) is 0 Å². The van der Waals surface area contributed by atoms with E-state index in [9.17, 15) is 26.7 Å². The summed E-state index contributed by atoms with van der Waals surface area (Å²) < 4.78 is 63.6. The number of carbonyl (C=O) groups is 1. The zero-order valence-corrected chi connectivity index (χ0v) is 7.55. The first-order chi connectivity index (χ1) is 7.91. The molecule has 1 aromatic rings. The molecule has 10 heteroatoms. The molecule has 0 N–H and O–H groups in total. The summed E-state index contributed by atoms with van der Waals surface area (Å²) in [6, 6.07) is 0. The van der Waals surface area contributed by atoms with Gasteiger partial charge in [-0.3, -0.25) is 0 Å². The second-order valence-corrected chi connectivity index (χ2v) is 2.49. The molecular formula is C7F5N3O2. The number of azide groups is 1. The molecule has 0 fully saturated rings. The number of carbonyl (C=O) groups excluding carboxylic acids is 1. The molecule has 0 saturated carbocycles. The van der Waals surface area contributed by atoms with E-state index in [-0.39, 0.29) is 0 Å². The number of benzene rings is 1. The molecule has 0 aliphatic rings. The van der Waals surface area contributed by atoms with E-state index in [4.69, 9.17) is 5.53 Å². The van der Waals surface area contributed by atoms with E-state index in [0.717, 1.165) is 0 Å². The van der Waals surface area contributed by atoms with E-state index >= 15 is 0 Å². The molecule has 0 atom stereocenters. The topological polar surface area (TPSA) is 75.1 Å². The molecule has 17 heavy (non-hydrogen) atoms. The van der Waals surface area contributed by atoms with Gasteiger partial charge in [0.15, 0.2) is 23.3 Å². The van der Waals surface area contributed by atoms with Crippen LogP contribution in [0.5, 0.6) is 0 Å². The van der Waals surface area contributed by atoms with Gasteiger partial charge in [0.05, 0.1) is 0 Å². The van der Waals surface area contributed by atoms with Crippen LogP contribution in [0.15, 0.2) is 5.28 Å². The van der Waals surface area contributed by atoms with Crippen molar-refractivity contribution in [3.8, 4) is 0 Å². The van der Waals surface area contributed by atoms with Gasteiger partial charge in [-0.1, -0.05) is 0 Å². The van der Waals surface area contributed by atoms with Gasteiger partial charge in [0.25, 0.3) is 0 Å². The largest absolute Gasteiger partial charge is 0.356 e. The normalized spacial score (nSPS) is 9.71. The van der Waals surface area contributed by atoms with E-state index < -0.39 is 40.6 Å². The maximum atomic E-state index is 12.9. The fourth-order valence-corrected chi connectivity index (χ4v) is 0.885. The van der Waals surface area contributed by atoms with Crippen molar-refractivity contribution in [2.75, 3.05) is 0 Å². The second kappa shape index (κ2) is 4.66. The molecule has 0 saturated heterocycles. The third-order valence-electron chi connectivity index (χ3n) is 1.57. The Kier molecular flexibility index (Phi) is 3.49. The standard InChI is InChI=1S/C7F5N3O2/c8-2-1(7(16)17-15-14-13)3(9)5(11)6(12)4(2)10. The van der Waals surface area contributed by atoms with Crippen LogP contribution in [-0.2, 0) is 4.84 Å². The van der Waals surface area contributed by atoms with E-state index in [1.165, 1.54) is 0 Å². The Morgan fingerprint density at radius 3 is 1.82 bits per heavy atom. The third-order valence-corrected chi connectivity index (χ3v) is 1.57. The minimum absolute atomic E-state index is 1.84. The Morgan fingerprint density at radius 2 is 1.41 bits per heavy atom. The fourth-order valence-electron chi connectivity index (χ4n) is 0.885. The first kappa shape index (κ1) is 12.7. The lowest BCUT2D eigenvalue weighted by molar-refractivity contribution is 0.0491. The Hall–Kier alpha value is -2.35. The first-order valence-corrected chi connectivity index (χ1v) is 3.69. The van der Waals surface area contributed by atoms with Crippen molar-refractivity contribution in [1.29, 1.82) is 0 Å². The zero-order valence-electron chi connectivity index (χ0n) is 7.55. The van der Waals surface area contributed by atoms with Crippen molar-refractivity contribution < 1.29 is 31.6 Å². The van der Waals surface area contributed by atoms with E-state index in [1.54, 1.807) is 0 Å². The summed E-state index contributed by atoms with van der Waals surface area (Å²) in [5.74, 6) is -13.8. The van der Waals surface area contributed by atoms with Gasteiger partial charge in [-0.2, -0.15) is 0 Å². The number of hydrogen-bond acceptors (Lipinski definition) is 3. The summed E-state index contributed by atoms with van der Waals surface area (Å²) >= 11 is 0. The van der Waals surface area contributed by atoms with Crippen molar-refractivity contribution in [3.05, 3.63) is 45.1 Å². The molecule has 0 aliphatic heterocycles. The van der Waals surface area contributed by atoms with E-state index in [2.05, 4.69) is 10.1 Å². The molecule has 1 rings (SSSR count). The highest BCUT2D eigenvalue weighted by Gasteiger charge is 2.30. The average molecular weight is 253 g/mol. The van der Waals surface area contributed by atoms with Gasteiger partial charge in [0.2, 0.25) is 5.82 Å². The van der Waals surface area contributed by atoms with Crippen LogP contribution in [-0.4, -0.2) is 5.97 Å².